The van der Waals surface area contributed by atoms with Crippen molar-refractivity contribution in [2.24, 2.45) is 0 Å². The molecule has 0 spiro atoms. The van der Waals surface area contributed by atoms with Gasteiger partial charge in [-0.3, -0.25) is 0 Å². The summed E-state index contributed by atoms with van der Waals surface area (Å²) in [6.07, 6.45) is 0. The van der Waals surface area contributed by atoms with E-state index in [1.807, 2.05) is 30.3 Å². The van der Waals surface area contributed by atoms with Crippen molar-refractivity contribution < 1.29 is 4.74 Å². The van der Waals surface area contributed by atoms with Gasteiger partial charge in [-0.2, -0.15) is 0 Å². The summed E-state index contributed by atoms with van der Waals surface area (Å²) in [4.78, 5) is 0. The van der Waals surface area contributed by atoms with E-state index in [9.17, 15) is 0 Å². The van der Waals surface area contributed by atoms with Crippen LogP contribution in [0.3, 0.4) is 0 Å². The third-order valence-electron chi connectivity index (χ3n) is 3.18. The van der Waals surface area contributed by atoms with Gasteiger partial charge in [-0.25, -0.2) is 0 Å². The van der Waals surface area contributed by atoms with Crippen LogP contribution in [0.4, 0.5) is 0 Å². The molecule has 0 aliphatic rings. The molecule has 0 atom stereocenters. The van der Waals surface area contributed by atoms with Crippen LogP contribution in [0, 0.1) is 0 Å². The lowest BCUT2D eigenvalue weighted by atomic mass is 9.99. The van der Waals surface area contributed by atoms with Crippen molar-refractivity contribution in [2.75, 3.05) is 7.11 Å². The summed E-state index contributed by atoms with van der Waals surface area (Å²) in [5.41, 5.74) is 3.38. The first-order chi connectivity index (χ1) is 9.61. The molecule has 20 heavy (non-hydrogen) atoms. The first-order valence-corrected chi connectivity index (χ1v) is 7.15. The number of methoxy groups -OCH3 is 1. The number of benzene rings is 2. The molecule has 0 unspecified atom stereocenters. The van der Waals surface area contributed by atoms with E-state index in [0.717, 1.165) is 28.4 Å². The van der Waals surface area contributed by atoms with Crippen molar-refractivity contribution in [3.05, 3.63) is 53.1 Å². The number of rotatable bonds is 5. The average molecular weight is 290 g/mol. The van der Waals surface area contributed by atoms with Gasteiger partial charge >= 0.3 is 0 Å². The van der Waals surface area contributed by atoms with E-state index in [1.54, 1.807) is 7.11 Å². The van der Waals surface area contributed by atoms with E-state index < -0.39 is 0 Å². The minimum atomic E-state index is 0.431. The second-order valence-corrected chi connectivity index (χ2v) is 5.45. The third kappa shape index (κ3) is 3.53. The SMILES string of the molecule is COc1ccc(-c2ccccc2Cl)c(CNC(C)C)c1. The topological polar surface area (TPSA) is 21.3 Å². The van der Waals surface area contributed by atoms with Crippen molar-refractivity contribution >= 4 is 11.6 Å². The average Bonchev–Trinajstić information content (AvgIpc) is 2.45. The Morgan fingerprint density at radius 2 is 1.85 bits per heavy atom. The summed E-state index contributed by atoms with van der Waals surface area (Å²) in [5, 5.41) is 4.21. The lowest BCUT2D eigenvalue weighted by molar-refractivity contribution is 0.414. The van der Waals surface area contributed by atoms with Crippen LogP contribution >= 0.6 is 11.6 Å². The van der Waals surface area contributed by atoms with E-state index in [2.05, 4.69) is 31.3 Å². The summed E-state index contributed by atoms with van der Waals surface area (Å²) in [5.74, 6) is 0.862. The lowest BCUT2D eigenvalue weighted by Crippen LogP contribution is -2.22. The Hall–Kier alpha value is -1.51. The van der Waals surface area contributed by atoms with Gasteiger partial charge < -0.3 is 10.1 Å². The summed E-state index contributed by atoms with van der Waals surface area (Å²) in [6, 6.07) is 14.4. The first-order valence-electron chi connectivity index (χ1n) is 6.77. The molecule has 0 aromatic heterocycles. The highest BCUT2D eigenvalue weighted by Crippen LogP contribution is 2.32. The van der Waals surface area contributed by atoms with Gasteiger partial charge in [0, 0.05) is 23.2 Å². The van der Waals surface area contributed by atoms with Crippen LogP contribution in [0.2, 0.25) is 5.02 Å². The van der Waals surface area contributed by atoms with Crippen LogP contribution in [0.1, 0.15) is 19.4 Å². The van der Waals surface area contributed by atoms with Crippen molar-refractivity contribution in [3.8, 4) is 16.9 Å². The maximum atomic E-state index is 6.32. The molecule has 2 nitrogen and oxygen atoms in total. The van der Waals surface area contributed by atoms with Crippen molar-refractivity contribution in [1.82, 2.24) is 5.32 Å². The van der Waals surface area contributed by atoms with Crippen LogP contribution in [0.5, 0.6) is 5.75 Å². The van der Waals surface area contributed by atoms with E-state index in [0.29, 0.717) is 6.04 Å². The molecule has 0 saturated heterocycles. The number of hydrogen-bond donors (Lipinski definition) is 1. The van der Waals surface area contributed by atoms with Crippen molar-refractivity contribution in [1.29, 1.82) is 0 Å². The molecule has 0 heterocycles. The van der Waals surface area contributed by atoms with Gasteiger partial charge in [0.05, 0.1) is 7.11 Å². The second kappa shape index (κ2) is 6.78. The van der Waals surface area contributed by atoms with Crippen LogP contribution < -0.4 is 10.1 Å². The molecular weight excluding hydrogens is 270 g/mol. The van der Waals surface area contributed by atoms with Gasteiger partial charge in [-0.15, -0.1) is 0 Å². The molecule has 0 fully saturated rings. The molecule has 3 heteroatoms. The minimum Gasteiger partial charge on any atom is -0.497 e. The van der Waals surface area contributed by atoms with Gasteiger partial charge in [-0.05, 0) is 29.3 Å². The zero-order valence-corrected chi connectivity index (χ0v) is 12.9. The largest absolute Gasteiger partial charge is 0.497 e. The van der Waals surface area contributed by atoms with E-state index in [1.165, 1.54) is 5.56 Å². The standard InChI is InChI=1S/C17H20ClNO/c1-12(2)19-11-13-10-14(20-3)8-9-15(13)16-6-4-5-7-17(16)18/h4-10,12,19H,11H2,1-3H3. The normalized spacial score (nSPS) is 10.8. The van der Waals surface area contributed by atoms with Crippen LogP contribution in [-0.2, 0) is 6.54 Å². The highest BCUT2D eigenvalue weighted by Gasteiger charge is 2.10. The van der Waals surface area contributed by atoms with Gasteiger partial charge in [-0.1, -0.05) is 49.7 Å². The third-order valence-corrected chi connectivity index (χ3v) is 3.51. The molecule has 106 valence electrons. The van der Waals surface area contributed by atoms with E-state index in [-0.39, 0.29) is 0 Å². The van der Waals surface area contributed by atoms with Crippen molar-refractivity contribution in [2.45, 2.75) is 26.4 Å². The Bertz CT molecular complexity index is 581. The molecule has 2 rings (SSSR count). The number of nitrogens with one attached hydrogen (secondary N) is 1. The number of hydrogen-bond acceptors (Lipinski definition) is 2. The summed E-state index contributed by atoms with van der Waals surface area (Å²) in [6.45, 7) is 5.06. The van der Waals surface area contributed by atoms with Crippen LogP contribution in [0.25, 0.3) is 11.1 Å². The molecular formula is C17H20ClNO. The summed E-state index contributed by atoms with van der Waals surface area (Å²) in [7, 11) is 1.68. The quantitative estimate of drug-likeness (QED) is 0.874. The number of halogens is 1. The smallest absolute Gasteiger partial charge is 0.119 e. The Balaban J connectivity index is 2.43. The Morgan fingerprint density at radius 1 is 1.10 bits per heavy atom. The fourth-order valence-corrected chi connectivity index (χ4v) is 2.34. The molecule has 0 aliphatic carbocycles. The fourth-order valence-electron chi connectivity index (χ4n) is 2.10. The highest BCUT2D eigenvalue weighted by atomic mass is 35.5. The monoisotopic (exact) mass is 289 g/mol. The Kier molecular flexibility index (Phi) is 5.05. The highest BCUT2D eigenvalue weighted by molar-refractivity contribution is 6.33. The van der Waals surface area contributed by atoms with Gasteiger partial charge in [0.15, 0.2) is 0 Å². The summed E-state index contributed by atoms with van der Waals surface area (Å²) >= 11 is 6.32. The molecule has 2 aromatic rings. The van der Waals surface area contributed by atoms with Crippen LogP contribution in [-0.4, -0.2) is 13.2 Å². The molecule has 0 radical (unpaired) electrons. The first kappa shape index (κ1) is 14.9. The maximum absolute atomic E-state index is 6.32. The fraction of sp³-hybridized carbons (Fsp3) is 0.294. The Labute approximate surface area is 125 Å². The minimum absolute atomic E-state index is 0.431. The molecule has 0 aliphatic heterocycles. The molecule has 0 bridgehead atoms. The summed E-state index contributed by atoms with van der Waals surface area (Å²) < 4.78 is 5.32. The maximum Gasteiger partial charge on any atom is 0.119 e. The predicted molar refractivity (Wildman–Crippen MR) is 85.4 cm³/mol. The predicted octanol–water partition coefficient (Wildman–Crippen LogP) is 4.51. The second-order valence-electron chi connectivity index (χ2n) is 5.04. The molecule has 0 amide bonds. The zero-order valence-electron chi connectivity index (χ0n) is 12.1. The number of ether oxygens (including phenoxy) is 1. The van der Waals surface area contributed by atoms with Gasteiger partial charge in [0.25, 0.3) is 0 Å². The van der Waals surface area contributed by atoms with E-state index in [4.69, 9.17) is 16.3 Å². The Morgan fingerprint density at radius 3 is 2.50 bits per heavy atom. The zero-order chi connectivity index (χ0) is 14.5. The van der Waals surface area contributed by atoms with Gasteiger partial charge in [0.1, 0.15) is 5.75 Å². The van der Waals surface area contributed by atoms with Crippen LogP contribution in [0.15, 0.2) is 42.5 Å². The lowest BCUT2D eigenvalue weighted by Gasteiger charge is -2.15. The van der Waals surface area contributed by atoms with Gasteiger partial charge in [0.2, 0.25) is 0 Å². The van der Waals surface area contributed by atoms with Crippen molar-refractivity contribution in [3.63, 3.8) is 0 Å². The molecule has 2 aromatic carbocycles. The molecule has 0 saturated carbocycles. The van der Waals surface area contributed by atoms with E-state index >= 15 is 0 Å². The molecule has 1 N–H and O–H groups in total.